The Morgan fingerprint density at radius 1 is 1.35 bits per heavy atom. The summed E-state index contributed by atoms with van der Waals surface area (Å²) in [5, 5.41) is 0. The van der Waals surface area contributed by atoms with E-state index in [2.05, 4.69) is 20.8 Å². The molecular formula is C17H24FNO. The van der Waals surface area contributed by atoms with Gasteiger partial charge in [0.05, 0.1) is 0 Å². The van der Waals surface area contributed by atoms with Crippen LogP contribution in [0.4, 0.5) is 4.39 Å². The number of hydrogen-bond acceptors (Lipinski definition) is 2. The molecule has 0 amide bonds. The number of ether oxygens (including phenoxy) is 1. The van der Waals surface area contributed by atoms with Gasteiger partial charge in [0.15, 0.2) is 11.6 Å². The number of hydrogen-bond donors (Lipinski definition) is 1. The van der Waals surface area contributed by atoms with E-state index < -0.39 is 0 Å². The normalized spacial score (nSPS) is 34.5. The highest BCUT2D eigenvalue weighted by molar-refractivity contribution is 5.30. The molecule has 3 atom stereocenters. The molecule has 110 valence electrons. The summed E-state index contributed by atoms with van der Waals surface area (Å²) in [4.78, 5) is 0. The zero-order valence-corrected chi connectivity index (χ0v) is 12.6. The predicted molar refractivity (Wildman–Crippen MR) is 77.9 cm³/mol. The van der Waals surface area contributed by atoms with E-state index in [0.29, 0.717) is 18.2 Å². The summed E-state index contributed by atoms with van der Waals surface area (Å²) in [6, 6.07) is 5.05. The van der Waals surface area contributed by atoms with Crippen LogP contribution in [0.1, 0.15) is 45.6 Å². The zero-order chi connectivity index (χ0) is 14.5. The molecule has 2 aliphatic rings. The monoisotopic (exact) mass is 277 g/mol. The summed E-state index contributed by atoms with van der Waals surface area (Å²) < 4.78 is 20.1. The molecular weight excluding hydrogens is 253 g/mol. The molecule has 20 heavy (non-hydrogen) atoms. The Morgan fingerprint density at radius 2 is 2.10 bits per heavy atom. The van der Waals surface area contributed by atoms with Crippen LogP contribution in [0, 0.1) is 22.6 Å². The summed E-state index contributed by atoms with van der Waals surface area (Å²) in [7, 11) is 0. The number of benzene rings is 1. The Balaban J connectivity index is 1.83. The maximum absolute atomic E-state index is 14.1. The van der Waals surface area contributed by atoms with Crippen LogP contribution < -0.4 is 10.5 Å². The average Bonchev–Trinajstić information content (AvgIpc) is 2.74. The lowest BCUT2D eigenvalue weighted by Gasteiger charge is -2.38. The highest BCUT2D eigenvalue weighted by Gasteiger charge is 2.62. The van der Waals surface area contributed by atoms with Gasteiger partial charge in [0.2, 0.25) is 0 Å². The summed E-state index contributed by atoms with van der Waals surface area (Å²) >= 11 is 0. The molecule has 0 spiro atoms. The summed E-state index contributed by atoms with van der Waals surface area (Å²) in [6.45, 7) is 7.33. The minimum atomic E-state index is -0.294. The second kappa shape index (κ2) is 4.45. The summed E-state index contributed by atoms with van der Waals surface area (Å²) in [5.41, 5.74) is 6.76. The van der Waals surface area contributed by atoms with Crippen molar-refractivity contribution in [1.82, 2.24) is 0 Å². The van der Waals surface area contributed by atoms with Gasteiger partial charge in [0, 0.05) is 12.0 Å². The van der Waals surface area contributed by atoms with E-state index in [1.54, 1.807) is 6.07 Å². The first kappa shape index (κ1) is 13.9. The fraction of sp³-hybridized carbons (Fsp3) is 0.647. The van der Waals surface area contributed by atoms with Crippen LogP contribution >= 0.6 is 0 Å². The Kier molecular flexibility index (Phi) is 3.09. The summed E-state index contributed by atoms with van der Waals surface area (Å²) in [6.07, 6.45) is 3.62. The standard InChI is InChI=1S/C17H24FNO/c1-16(2)12-6-7-17(16,3)15(9-12)20-14-5-4-11(10-19)8-13(14)18/h4-5,8,12,15H,6-7,9-10,19H2,1-3H3. The van der Waals surface area contributed by atoms with E-state index >= 15 is 0 Å². The van der Waals surface area contributed by atoms with Gasteiger partial charge in [0.1, 0.15) is 6.10 Å². The highest BCUT2D eigenvalue weighted by atomic mass is 19.1. The Labute approximate surface area is 120 Å². The molecule has 0 heterocycles. The van der Waals surface area contributed by atoms with Gasteiger partial charge in [-0.1, -0.05) is 26.8 Å². The van der Waals surface area contributed by atoms with Crippen molar-refractivity contribution in [2.24, 2.45) is 22.5 Å². The molecule has 2 aliphatic carbocycles. The highest BCUT2D eigenvalue weighted by Crippen LogP contribution is 2.66. The van der Waals surface area contributed by atoms with E-state index in [1.165, 1.54) is 18.9 Å². The van der Waals surface area contributed by atoms with Gasteiger partial charge < -0.3 is 10.5 Å². The van der Waals surface area contributed by atoms with Crippen LogP contribution in [0.25, 0.3) is 0 Å². The lowest BCUT2D eigenvalue weighted by atomic mass is 9.70. The number of fused-ring (bicyclic) bond motifs is 2. The van der Waals surface area contributed by atoms with Gasteiger partial charge in [-0.15, -0.1) is 0 Å². The third-order valence-electron chi connectivity index (χ3n) is 6.22. The number of nitrogens with two attached hydrogens (primary N) is 1. The van der Waals surface area contributed by atoms with Crippen molar-refractivity contribution in [1.29, 1.82) is 0 Å². The molecule has 0 radical (unpaired) electrons. The first-order chi connectivity index (χ1) is 9.38. The number of halogens is 1. The molecule has 3 unspecified atom stereocenters. The zero-order valence-electron chi connectivity index (χ0n) is 12.6. The van der Waals surface area contributed by atoms with Crippen molar-refractivity contribution in [3.63, 3.8) is 0 Å². The third kappa shape index (κ3) is 1.79. The minimum absolute atomic E-state index is 0.120. The first-order valence-corrected chi connectivity index (χ1v) is 7.53. The van der Waals surface area contributed by atoms with Crippen molar-refractivity contribution >= 4 is 0 Å². The SMILES string of the molecule is CC1(C)C2CCC1(C)C(Oc1ccc(CN)cc1F)C2. The van der Waals surface area contributed by atoms with Crippen molar-refractivity contribution in [2.45, 2.75) is 52.7 Å². The van der Waals surface area contributed by atoms with E-state index in [-0.39, 0.29) is 22.8 Å². The van der Waals surface area contributed by atoms with Crippen LogP contribution in [0.2, 0.25) is 0 Å². The molecule has 2 N–H and O–H groups in total. The van der Waals surface area contributed by atoms with Gasteiger partial charge >= 0.3 is 0 Å². The van der Waals surface area contributed by atoms with Gasteiger partial charge in [-0.3, -0.25) is 0 Å². The van der Waals surface area contributed by atoms with Crippen molar-refractivity contribution in [3.05, 3.63) is 29.6 Å². The fourth-order valence-electron chi connectivity index (χ4n) is 4.23. The molecule has 3 rings (SSSR count). The van der Waals surface area contributed by atoms with Crippen LogP contribution in [0.3, 0.4) is 0 Å². The molecule has 0 saturated heterocycles. The van der Waals surface area contributed by atoms with Crippen molar-refractivity contribution in [3.8, 4) is 5.75 Å². The van der Waals surface area contributed by atoms with E-state index in [0.717, 1.165) is 12.0 Å². The smallest absolute Gasteiger partial charge is 0.165 e. The Morgan fingerprint density at radius 3 is 2.60 bits per heavy atom. The van der Waals surface area contributed by atoms with E-state index in [4.69, 9.17) is 10.5 Å². The molecule has 3 heteroatoms. The minimum Gasteiger partial charge on any atom is -0.487 e. The topological polar surface area (TPSA) is 35.2 Å². The van der Waals surface area contributed by atoms with Crippen LogP contribution in [0.15, 0.2) is 18.2 Å². The Hall–Kier alpha value is -1.09. The quantitative estimate of drug-likeness (QED) is 0.910. The predicted octanol–water partition coefficient (Wildman–Crippen LogP) is 3.88. The summed E-state index contributed by atoms with van der Waals surface area (Å²) in [5.74, 6) is 0.776. The fourth-order valence-corrected chi connectivity index (χ4v) is 4.23. The molecule has 1 aromatic rings. The second-order valence-corrected chi connectivity index (χ2v) is 7.19. The van der Waals surface area contributed by atoms with Gasteiger partial charge in [-0.2, -0.15) is 0 Å². The van der Waals surface area contributed by atoms with Gasteiger partial charge in [0.25, 0.3) is 0 Å². The molecule has 1 aromatic carbocycles. The van der Waals surface area contributed by atoms with Gasteiger partial charge in [-0.05, 0) is 48.3 Å². The third-order valence-corrected chi connectivity index (χ3v) is 6.22. The van der Waals surface area contributed by atoms with Gasteiger partial charge in [-0.25, -0.2) is 4.39 Å². The second-order valence-electron chi connectivity index (χ2n) is 7.19. The van der Waals surface area contributed by atoms with Crippen LogP contribution in [-0.4, -0.2) is 6.10 Å². The molecule has 2 fully saturated rings. The first-order valence-electron chi connectivity index (χ1n) is 7.53. The van der Waals surface area contributed by atoms with Crippen molar-refractivity contribution in [2.75, 3.05) is 0 Å². The Bertz CT molecular complexity index is 528. The molecule has 0 aromatic heterocycles. The molecule has 0 aliphatic heterocycles. The molecule has 2 saturated carbocycles. The lowest BCUT2D eigenvalue weighted by Crippen LogP contribution is -2.39. The van der Waals surface area contributed by atoms with E-state index in [9.17, 15) is 4.39 Å². The van der Waals surface area contributed by atoms with Crippen LogP contribution in [0.5, 0.6) is 5.75 Å². The molecule has 2 nitrogen and oxygen atoms in total. The molecule has 2 bridgehead atoms. The maximum Gasteiger partial charge on any atom is 0.165 e. The van der Waals surface area contributed by atoms with E-state index in [1.807, 2.05) is 6.07 Å². The largest absolute Gasteiger partial charge is 0.487 e. The average molecular weight is 277 g/mol. The van der Waals surface area contributed by atoms with Crippen LogP contribution in [-0.2, 0) is 6.54 Å². The van der Waals surface area contributed by atoms with Crippen molar-refractivity contribution < 1.29 is 9.13 Å². The maximum atomic E-state index is 14.1. The lowest BCUT2D eigenvalue weighted by molar-refractivity contribution is 0.0278. The number of rotatable bonds is 3.